The van der Waals surface area contributed by atoms with Crippen molar-refractivity contribution in [1.82, 2.24) is 9.80 Å². The average molecular weight is 528 g/mol. The third-order valence-corrected chi connectivity index (χ3v) is 6.61. The van der Waals surface area contributed by atoms with Crippen LogP contribution in [-0.2, 0) is 25.3 Å². The van der Waals surface area contributed by atoms with Crippen LogP contribution in [0.1, 0.15) is 34.0 Å². The molecule has 0 radical (unpaired) electrons. The molecule has 1 amide bonds. The number of carbonyl (C=O) groups excluding carboxylic acids is 3. The summed E-state index contributed by atoms with van der Waals surface area (Å²) < 4.78 is 23.1. The lowest BCUT2D eigenvalue weighted by Crippen LogP contribution is -2.47. The maximum atomic E-state index is 12.1. The quantitative estimate of drug-likeness (QED) is 0.451. The highest BCUT2D eigenvalue weighted by molar-refractivity contribution is 6.64. The molecule has 1 atom stereocenters. The maximum Gasteiger partial charge on any atom is 0.636 e. The van der Waals surface area contributed by atoms with E-state index in [9.17, 15) is 14.4 Å². The molecule has 1 heterocycles. The Kier molecular flexibility index (Phi) is 7.56. The van der Waals surface area contributed by atoms with Gasteiger partial charge in [0.2, 0.25) is 0 Å². The predicted molar refractivity (Wildman–Crippen MR) is 144 cm³/mol. The third kappa shape index (κ3) is 6.07. The summed E-state index contributed by atoms with van der Waals surface area (Å²) in [5.41, 5.74) is 3.30. The minimum Gasteiger partial charge on any atom is -0.494 e. The predicted octanol–water partition coefficient (Wildman–Crippen LogP) is 2.97. The van der Waals surface area contributed by atoms with Crippen molar-refractivity contribution in [2.45, 2.75) is 18.9 Å². The van der Waals surface area contributed by atoms with E-state index in [4.69, 9.17) is 18.8 Å². The van der Waals surface area contributed by atoms with Crippen LogP contribution < -0.4 is 14.9 Å². The molecule has 5 rings (SSSR count). The number of likely N-dealkylation sites (N-methyl/N-ethyl adjacent to an activating group) is 1. The second-order valence-corrected chi connectivity index (χ2v) is 9.85. The zero-order chi connectivity index (χ0) is 27.5. The van der Waals surface area contributed by atoms with Gasteiger partial charge in [0.1, 0.15) is 23.4 Å². The first-order chi connectivity index (χ1) is 18.8. The minimum atomic E-state index is -1.09. The molecule has 0 aromatic heterocycles. The van der Waals surface area contributed by atoms with E-state index in [2.05, 4.69) is 0 Å². The molecule has 0 N–H and O–H groups in total. The van der Waals surface area contributed by atoms with E-state index in [1.807, 2.05) is 18.2 Å². The number of nitrogens with zero attached hydrogens (tertiary/aromatic N) is 2. The van der Waals surface area contributed by atoms with E-state index in [1.165, 1.54) is 9.80 Å². The van der Waals surface area contributed by atoms with Crippen LogP contribution in [0.15, 0.2) is 66.7 Å². The molecule has 1 aliphatic heterocycles. The molecule has 0 spiro atoms. The molecule has 9 nitrogen and oxygen atoms in total. The van der Waals surface area contributed by atoms with Crippen molar-refractivity contribution in [2.75, 3.05) is 34.2 Å². The van der Waals surface area contributed by atoms with Crippen LogP contribution in [0.4, 0.5) is 0 Å². The highest BCUT2D eigenvalue weighted by Gasteiger charge is 2.34. The van der Waals surface area contributed by atoms with Crippen LogP contribution in [0.5, 0.6) is 17.2 Å². The summed E-state index contributed by atoms with van der Waals surface area (Å²) in [7, 11) is 4.00. The number of carbonyl (C=O) groups is 3. The summed E-state index contributed by atoms with van der Waals surface area (Å²) in [6, 6.07) is 20.0. The number of fused-ring (bicyclic) bond motifs is 1. The second kappa shape index (κ2) is 11.2. The second-order valence-electron chi connectivity index (χ2n) is 9.85. The largest absolute Gasteiger partial charge is 0.636 e. The topological polar surface area (TPSA) is 94.6 Å². The summed E-state index contributed by atoms with van der Waals surface area (Å²) >= 11 is 0. The van der Waals surface area contributed by atoms with Gasteiger partial charge in [-0.1, -0.05) is 24.3 Å². The van der Waals surface area contributed by atoms with Crippen molar-refractivity contribution in [1.29, 1.82) is 0 Å². The van der Waals surface area contributed by atoms with Crippen molar-refractivity contribution >= 4 is 30.4 Å². The number of rotatable bonds is 6. The van der Waals surface area contributed by atoms with E-state index in [1.54, 1.807) is 69.7 Å². The molecule has 1 unspecified atom stereocenters. The number of amides is 1. The minimum absolute atomic E-state index is 0.0149. The van der Waals surface area contributed by atoms with Gasteiger partial charge in [0.15, 0.2) is 0 Å². The molecule has 0 saturated carbocycles. The molecule has 3 aromatic carbocycles. The molecule has 1 fully saturated rings. The highest BCUT2D eigenvalue weighted by atomic mass is 16.6. The van der Waals surface area contributed by atoms with Gasteiger partial charge in [-0.3, -0.25) is 19.3 Å². The Balaban J connectivity index is 1.26. The van der Waals surface area contributed by atoms with Crippen LogP contribution in [0.3, 0.4) is 0 Å². The van der Waals surface area contributed by atoms with Gasteiger partial charge in [-0.2, -0.15) is 0 Å². The Labute approximate surface area is 227 Å². The molecule has 39 heavy (non-hydrogen) atoms. The maximum absolute atomic E-state index is 12.1. The van der Waals surface area contributed by atoms with Crippen molar-refractivity contribution in [2.24, 2.45) is 0 Å². The monoisotopic (exact) mass is 528 g/mol. The summed E-state index contributed by atoms with van der Waals surface area (Å²) in [5, 5.41) is 0. The van der Waals surface area contributed by atoms with Crippen molar-refractivity contribution in [3.05, 3.63) is 83.4 Å². The zero-order valence-corrected chi connectivity index (χ0v) is 22.1. The Morgan fingerprint density at radius 1 is 0.923 bits per heavy atom. The lowest BCUT2D eigenvalue weighted by Gasteiger charge is -2.22. The van der Waals surface area contributed by atoms with Crippen LogP contribution in [-0.4, -0.2) is 69.0 Å². The Hall–Kier alpha value is -4.31. The molecule has 2 aliphatic rings. The van der Waals surface area contributed by atoms with Crippen LogP contribution in [0.2, 0.25) is 0 Å². The summed E-state index contributed by atoms with van der Waals surface area (Å²) in [5.74, 6) is 1.07. The first kappa shape index (κ1) is 26.3. The first-order valence-corrected chi connectivity index (χ1v) is 12.7. The van der Waals surface area contributed by atoms with E-state index in [-0.39, 0.29) is 25.1 Å². The lowest BCUT2D eigenvalue weighted by atomic mass is 9.78. The van der Waals surface area contributed by atoms with Crippen molar-refractivity contribution in [3.8, 4) is 17.2 Å². The molecule has 3 aromatic rings. The average Bonchev–Trinajstić information content (AvgIpc) is 3.31. The summed E-state index contributed by atoms with van der Waals surface area (Å²) in [4.78, 5) is 39.3. The van der Waals surface area contributed by atoms with Gasteiger partial charge < -0.3 is 23.7 Å². The van der Waals surface area contributed by atoms with Crippen molar-refractivity contribution in [3.63, 3.8) is 0 Å². The van der Waals surface area contributed by atoms with Gasteiger partial charge in [-0.15, -0.1) is 0 Å². The fourth-order valence-corrected chi connectivity index (χ4v) is 4.69. The lowest BCUT2D eigenvalue weighted by molar-refractivity contribution is -0.145. The summed E-state index contributed by atoms with van der Waals surface area (Å²) in [6.45, 7) is 0.0298. The Bertz CT molecular complexity index is 1360. The van der Waals surface area contributed by atoms with Crippen molar-refractivity contribution < 1.29 is 33.2 Å². The smallest absolute Gasteiger partial charge is 0.494 e. The van der Waals surface area contributed by atoms with Crippen LogP contribution in [0.25, 0.3) is 0 Å². The number of hydrogen-bond donors (Lipinski definition) is 0. The van der Waals surface area contributed by atoms with Gasteiger partial charge in [0.05, 0.1) is 13.1 Å². The molecular formula is C29H29BN2O7. The van der Waals surface area contributed by atoms with Gasteiger partial charge in [0.25, 0.3) is 5.91 Å². The zero-order valence-electron chi connectivity index (χ0n) is 22.1. The molecule has 1 saturated heterocycles. The fraction of sp³-hybridized carbons (Fsp3) is 0.276. The van der Waals surface area contributed by atoms with Gasteiger partial charge >= 0.3 is 19.1 Å². The molecule has 0 bridgehead atoms. The Morgan fingerprint density at radius 2 is 1.56 bits per heavy atom. The number of ether oxygens (including phenoxy) is 2. The normalized spacial score (nSPS) is 17.4. The Morgan fingerprint density at radius 3 is 2.21 bits per heavy atom. The van der Waals surface area contributed by atoms with Gasteiger partial charge in [-0.25, -0.2) is 0 Å². The molecule has 10 heteroatoms. The van der Waals surface area contributed by atoms with E-state index in [0.717, 1.165) is 29.7 Å². The number of hydrogen-bond acceptors (Lipinski definition) is 8. The van der Waals surface area contributed by atoms with Crippen LogP contribution in [0, 0.1) is 0 Å². The third-order valence-electron chi connectivity index (χ3n) is 6.61. The first-order valence-electron chi connectivity index (χ1n) is 12.7. The van der Waals surface area contributed by atoms with E-state index < -0.39 is 19.1 Å². The molecule has 200 valence electrons. The van der Waals surface area contributed by atoms with Gasteiger partial charge in [-0.05, 0) is 67.9 Å². The SMILES string of the molecule is CN1CC(=O)OB(c2ccc(OC3CCc4c(Oc5ccc(C(=O)N(C)C)cc5)cccc43)cc2)OC(=O)C1. The molecule has 1 aliphatic carbocycles. The van der Waals surface area contributed by atoms with Crippen LogP contribution >= 0.6 is 0 Å². The standard InChI is InChI=1S/C29H29BN2O7/c1-31(2)29(35)19-7-11-21(12-8-19)36-25-6-4-5-23-24(25)15-16-26(23)37-22-13-9-20(10-14-22)30-38-27(33)17-32(3)18-28(34)39-30/h4-14,26H,15-18H2,1-3H3. The summed E-state index contributed by atoms with van der Waals surface area (Å²) in [6.07, 6.45) is 1.44. The molecular weight excluding hydrogens is 499 g/mol. The van der Waals surface area contributed by atoms with Gasteiger partial charge in [0, 0.05) is 30.7 Å². The fourth-order valence-electron chi connectivity index (χ4n) is 4.69. The van der Waals surface area contributed by atoms with E-state index in [0.29, 0.717) is 22.5 Å². The van der Waals surface area contributed by atoms with E-state index >= 15 is 0 Å². The highest BCUT2D eigenvalue weighted by Crippen LogP contribution is 2.40. The number of benzene rings is 3.